The van der Waals surface area contributed by atoms with Crippen LogP contribution in [0.15, 0.2) is 66.7 Å². The fourth-order valence-corrected chi connectivity index (χ4v) is 3.22. The van der Waals surface area contributed by atoms with Crippen molar-refractivity contribution in [3.63, 3.8) is 0 Å². The molecule has 2 N–H and O–H groups in total. The predicted octanol–water partition coefficient (Wildman–Crippen LogP) is 4.98. The molecular weight excluding hydrogens is 430 g/mol. The van der Waals surface area contributed by atoms with Crippen molar-refractivity contribution in [1.82, 2.24) is 0 Å². The Bertz CT molecular complexity index is 1130. The largest absolute Gasteiger partial charge is 0.491 e. The van der Waals surface area contributed by atoms with E-state index >= 15 is 0 Å². The number of rotatable bonds is 10. The molecule has 2 amide bonds. The van der Waals surface area contributed by atoms with Crippen molar-refractivity contribution in [2.75, 3.05) is 49.4 Å². The highest BCUT2D eigenvalue weighted by atomic mass is 16.5. The fraction of sp³-hybridized carbons (Fsp3) is 0.259. The van der Waals surface area contributed by atoms with Gasteiger partial charge in [0.25, 0.3) is 11.8 Å². The summed E-state index contributed by atoms with van der Waals surface area (Å²) in [5.41, 5.74) is 4.11. The normalized spacial score (nSPS) is 10.5. The third-order valence-corrected chi connectivity index (χ3v) is 5.19. The van der Waals surface area contributed by atoms with Gasteiger partial charge in [-0.1, -0.05) is 12.1 Å². The molecule has 0 spiro atoms. The first-order valence-electron chi connectivity index (χ1n) is 11.2. The summed E-state index contributed by atoms with van der Waals surface area (Å²) < 4.78 is 10.8. The van der Waals surface area contributed by atoms with E-state index in [-0.39, 0.29) is 11.8 Å². The van der Waals surface area contributed by atoms with Crippen molar-refractivity contribution in [2.24, 2.45) is 0 Å². The molecule has 0 fully saturated rings. The summed E-state index contributed by atoms with van der Waals surface area (Å²) in [6.07, 6.45) is 0. The third-order valence-electron chi connectivity index (χ3n) is 5.19. The zero-order valence-corrected chi connectivity index (χ0v) is 20.1. The van der Waals surface area contributed by atoms with Crippen LogP contribution in [0.25, 0.3) is 0 Å². The lowest BCUT2D eigenvalue weighted by atomic mass is 10.1. The van der Waals surface area contributed by atoms with E-state index in [2.05, 4.69) is 10.6 Å². The van der Waals surface area contributed by atoms with Gasteiger partial charge in [0.05, 0.1) is 6.61 Å². The van der Waals surface area contributed by atoms with E-state index in [0.717, 1.165) is 11.3 Å². The number of hydrogen-bond acceptors (Lipinski definition) is 5. The van der Waals surface area contributed by atoms with Gasteiger partial charge in [-0.25, -0.2) is 0 Å². The minimum absolute atomic E-state index is 0.218. The van der Waals surface area contributed by atoms with Crippen LogP contribution in [-0.4, -0.2) is 45.7 Å². The number of carbonyl (C=O) groups excluding carboxylic acids is 2. The van der Waals surface area contributed by atoms with Crippen LogP contribution < -0.4 is 20.3 Å². The van der Waals surface area contributed by atoms with Crippen LogP contribution in [0.3, 0.4) is 0 Å². The average molecular weight is 462 g/mol. The second kappa shape index (κ2) is 11.9. The van der Waals surface area contributed by atoms with Crippen LogP contribution in [0, 0.1) is 6.92 Å². The third kappa shape index (κ3) is 6.83. The molecule has 3 aromatic rings. The summed E-state index contributed by atoms with van der Waals surface area (Å²) in [6, 6.07) is 19.7. The minimum atomic E-state index is -0.244. The maximum Gasteiger partial charge on any atom is 0.255 e. The molecule has 0 radical (unpaired) electrons. The summed E-state index contributed by atoms with van der Waals surface area (Å²) >= 11 is 0. The quantitative estimate of drug-likeness (QED) is 0.416. The maximum atomic E-state index is 12.8. The first kappa shape index (κ1) is 24.8. The van der Waals surface area contributed by atoms with E-state index in [4.69, 9.17) is 9.47 Å². The minimum Gasteiger partial charge on any atom is -0.491 e. The number of nitrogens with one attached hydrogen (secondary N) is 2. The molecule has 7 heteroatoms. The summed E-state index contributed by atoms with van der Waals surface area (Å²) in [6.45, 7) is 5.46. The Balaban J connectivity index is 1.65. The van der Waals surface area contributed by atoms with Crippen molar-refractivity contribution in [1.29, 1.82) is 0 Å². The molecule has 178 valence electrons. The number of carbonyl (C=O) groups is 2. The van der Waals surface area contributed by atoms with Crippen molar-refractivity contribution in [3.05, 3.63) is 83.4 Å². The van der Waals surface area contributed by atoms with Gasteiger partial charge in [0.15, 0.2) is 0 Å². The summed E-state index contributed by atoms with van der Waals surface area (Å²) in [5.74, 6) is 0.214. The first-order chi connectivity index (χ1) is 16.4. The van der Waals surface area contributed by atoms with Crippen molar-refractivity contribution >= 4 is 28.9 Å². The lowest BCUT2D eigenvalue weighted by molar-refractivity contribution is 0.101. The lowest BCUT2D eigenvalue weighted by Gasteiger charge is -2.14. The van der Waals surface area contributed by atoms with Crippen LogP contribution in [0.2, 0.25) is 0 Å². The number of nitrogens with zero attached hydrogens (tertiary/aromatic N) is 1. The standard InChI is InChI=1S/C27H31N3O4/c1-5-33-15-16-34-24-13-10-20(11-14-24)26(31)29-25-18-22(12-9-19(25)2)28-27(32)21-7-6-8-23(17-21)30(3)4/h6-14,17-18H,5,15-16H2,1-4H3,(H,28,32)(H,29,31). The van der Waals surface area contributed by atoms with Gasteiger partial charge in [0.2, 0.25) is 0 Å². The zero-order chi connectivity index (χ0) is 24.5. The Labute approximate surface area is 200 Å². The number of anilines is 3. The smallest absolute Gasteiger partial charge is 0.255 e. The molecular formula is C27H31N3O4. The Kier molecular flexibility index (Phi) is 8.65. The molecule has 0 saturated carbocycles. The fourth-order valence-electron chi connectivity index (χ4n) is 3.22. The molecule has 3 aromatic carbocycles. The van der Waals surface area contributed by atoms with E-state index < -0.39 is 0 Å². The first-order valence-corrected chi connectivity index (χ1v) is 11.2. The van der Waals surface area contributed by atoms with Crippen molar-refractivity contribution < 1.29 is 19.1 Å². The van der Waals surface area contributed by atoms with Gasteiger partial charge in [-0.3, -0.25) is 9.59 Å². The summed E-state index contributed by atoms with van der Waals surface area (Å²) in [4.78, 5) is 27.4. The van der Waals surface area contributed by atoms with Crippen LogP contribution in [0.4, 0.5) is 17.1 Å². The Morgan fingerprint density at radius 3 is 2.29 bits per heavy atom. The highest BCUT2D eigenvalue weighted by Gasteiger charge is 2.12. The Morgan fingerprint density at radius 1 is 0.853 bits per heavy atom. The van der Waals surface area contributed by atoms with Gasteiger partial charge >= 0.3 is 0 Å². The molecule has 0 atom stereocenters. The number of aryl methyl sites for hydroxylation is 1. The van der Waals surface area contributed by atoms with Crippen molar-refractivity contribution in [3.8, 4) is 5.75 Å². The zero-order valence-electron chi connectivity index (χ0n) is 20.1. The molecule has 0 aromatic heterocycles. The Morgan fingerprint density at radius 2 is 1.59 bits per heavy atom. The van der Waals surface area contributed by atoms with Crippen LogP contribution in [-0.2, 0) is 4.74 Å². The SMILES string of the molecule is CCOCCOc1ccc(C(=O)Nc2cc(NC(=O)c3cccc(N(C)C)c3)ccc2C)cc1. The number of amides is 2. The van der Waals surface area contributed by atoms with Crippen LogP contribution in [0.5, 0.6) is 5.75 Å². The summed E-state index contributed by atoms with van der Waals surface area (Å²) in [7, 11) is 3.85. The van der Waals surface area contributed by atoms with Crippen LogP contribution in [0.1, 0.15) is 33.2 Å². The number of ether oxygens (including phenoxy) is 2. The van der Waals surface area contributed by atoms with E-state index in [1.165, 1.54) is 0 Å². The van der Waals surface area contributed by atoms with Gasteiger partial charge < -0.3 is 25.0 Å². The molecule has 0 unspecified atom stereocenters. The second-order valence-corrected chi connectivity index (χ2v) is 7.95. The van der Waals surface area contributed by atoms with E-state index in [1.54, 1.807) is 36.4 Å². The molecule has 0 aliphatic rings. The van der Waals surface area contributed by atoms with E-state index in [0.29, 0.717) is 48.1 Å². The molecule has 0 saturated heterocycles. The molecule has 0 aliphatic carbocycles. The molecule has 34 heavy (non-hydrogen) atoms. The van der Waals surface area contributed by atoms with Crippen LogP contribution >= 0.6 is 0 Å². The van der Waals surface area contributed by atoms with Gasteiger partial charge in [0.1, 0.15) is 12.4 Å². The highest BCUT2D eigenvalue weighted by molar-refractivity contribution is 6.07. The van der Waals surface area contributed by atoms with Gasteiger partial charge in [-0.05, 0) is 74.0 Å². The topological polar surface area (TPSA) is 79.9 Å². The second-order valence-electron chi connectivity index (χ2n) is 7.95. The van der Waals surface area contributed by atoms with Gasteiger partial charge in [0, 0.05) is 48.9 Å². The molecule has 3 rings (SSSR count). The monoisotopic (exact) mass is 461 g/mol. The number of benzene rings is 3. The van der Waals surface area contributed by atoms with Gasteiger partial charge in [-0.2, -0.15) is 0 Å². The van der Waals surface area contributed by atoms with Crippen molar-refractivity contribution in [2.45, 2.75) is 13.8 Å². The molecule has 0 heterocycles. The number of hydrogen-bond donors (Lipinski definition) is 2. The van der Waals surface area contributed by atoms with Gasteiger partial charge in [-0.15, -0.1) is 0 Å². The molecule has 0 bridgehead atoms. The van der Waals surface area contributed by atoms with E-state index in [9.17, 15) is 9.59 Å². The maximum absolute atomic E-state index is 12.8. The summed E-state index contributed by atoms with van der Waals surface area (Å²) in [5, 5.41) is 5.83. The highest BCUT2D eigenvalue weighted by Crippen LogP contribution is 2.23. The lowest BCUT2D eigenvalue weighted by Crippen LogP contribution is -2.15. The molecule has 0 aliphatic heterocycles. The average Bonchev–Trinajstić information content (AvgIpc) is 2.84. The predicted molar refractivity (Wildman–Crippen MR) is 136 cm³/mol. The molecule has 7 nitrogen and oxygen atoms in total. The Hall–Kier alpha value is -3.84. The van der Waals surface area contributed by atoms with E-state index in [1.807, 2.05) is 63.2 Å².